The van der Waals surface area contributed by atoms with Gasteiger partial charge in [0.25, 0.3) is 17.9 Å². The Bertz CT molecular complexity index is 202. The molecular weight excluding hydrogens is 202 g/mol. The molecule has 0 aliphatic heterocycles. The van der Waals surface area contributed by atoms with Gasteiger partial charge >= 0.3 is 29.6 Å². The van der Waals surface area contributed by atoms with E-state index in [0.717, 1.165) is 13.8 Å². The molecule has 3 radical (unpaired) electrons. The van der Waals surface area contributed by atoms with E-state index in [4.69, 9.17) is 22.9 Å². The maximum atomic E-state index is 9.99. The van der Waals surface area contributed by atoms with Crippen LogP contribution in [0.4, 0.5) is 0 Å². The van der Waals surface area contributed by atoms with Gasteiger partial charge in [-0.1, -0.05) is 0 Å². The summed E-state index contributed by atoms with van der Waals surface area (Å²) in [7, 11) is 4.77. The Hall–Kier alpha value is -0.525. The van der Waals surface area contributed by atoms with Gasteiger partial charge in [0.1, 0.15) is 0 Å². The van der Waals surface area contributed by atoms with Crippen LogP contribution in [0.2, 0.25) is 0 Å². The first-order chi connectivity index (χ1) is 5.77. The minimum Gasteiger partial charge on any atom is -0.550 e. The van der Waals surface area contributed by atoms with Gasteiger partial charge in [-0.25, -0.2) is 0 Å². The van der Waals surface area contributed by atoms with Gasteiger partial charge in [0.05, 0.1) is 0 Å². The molecule has 6 nitrogen and oxygen atoms in total. The molecule has 0 aromatic rings. The van der Waals surface area contributed by atoms with Crippen molar-refractivity contribution < 1.29 is 58.9 Å². The van der Waals surface area contributed by atoms with Crippen LogP contribution in [0.5, 0.6) is 0 Å². The molecule has 0 rings (SSSR count). The van der Waals surface area contributed by atoms with E-state index in [1.54, 1.807) is 0 Å². The Balaban J connectivity index is -0.000000209. The maximum absolute atomic E-state index is 9.99. The zero-order chi connectivity index (χ0) is 11.0. The monoisotopic (exact) mass is 211 g/mol. The van der Waals surface area contributed by atoms with Gasteiger partial charge < -0.3 is 22.8 Å². The van der Waals surface area contributed by atoms with E-state index in [-0.39, 0.29) is 29.6 Å². The predicted octanol–water partition coefficient (Wildman–Crippen LogP) is -3.78. The molecule has 0 aromatic carbocycles. The molecule has 1 unspecified atom stereocenters. The van der Waals surface area contributed by atoms with E-state index in [1.165, 1.54) is 0 Å². The van der Waals surface area contributed by atoms with E-state index >= 15 is 0 Å². The first kappa shape index (κ1) is 19.1. The summed E-state index contributed by atoms with van der Waals surface area (Å²) in [6.07, 6.45) is 0. The Labute approximate surface area is 104 Å². The fourth-order valence-corrected chi connectivity index (χ4v) is 0.229. The Morgan fingerprint density at radius 1 is 1.21 bits per heavy atom. The number of rotatable bonds is 2. The van der Waals surface area contributed by atoms with E-state index in [1.807, 2.05) is 0 Å². The molecule has 0 fully saturated rings. The van der Waals surface area contributed by atoms with E-state index in [2.05, 4.69) is 4.74 Å². The Kier molecular flexibility index (Phi) is 14.4. The molecular formula is C6H9BNaO6. The largest absolute Gasteiger partial charge is 1.00 e. The number of ether oxygens (including phenoxy) is 1. The number of esters is 1. The van der Waals surface area contributed by atoms with Crippen molar-refractivity contribution in [2.45, 2.75) is 19.9 Å². The summed E-state index contributed by atoms with van der Waals surface area (Å²) in [5.41, 5.74) is 0. The van der Waals surface area contributed by atoms with Crippen molar-refractivity contribution >= 4 is 25.8 Å². The van der Waals surface area contributed by atoms with E-state index in [0.29, 0.717) is 0 Å². The molecule has 0 heterocycles. The summed E-state index contributed by atoms with van der Waals surface area (Å²) in [5.74, 6) is -2.89. The van der Waals surface area contributed by atoms with Crippen molar-refractivity contribution in [1.82, 2.24) is 0 Å². The van der Waals surface area contributed by atoms with E-state index in [9.17, 15) is 9.59 Å². The summed E-state index contributed by atoms with van der Waals surface area (Å²) in [6, 6.07) is -1.54. The summed E-state index contributed by atoms with van der Waals surface area (Å²) < 4.78 is 4.05. The van der Waals surface area contributed by atoms with Crippen LogP contribution in [-0.4, -0.2) is 42.0 Å². The van der Waals surface area contributed by atoms with Gasteiger partial charge in [-0.3, -0.25) is 14.4 Å². The van der Waals surface area contributed by atoms with Crippen LogP contribution in [0.25, 0.3) is 0 Å². The van der Waals surface area contributed by atoms with Gasteiger partial charge in [0.15, 0.2) is 0 Å². The van der Waals surface area contributed by atoms with Gasteiger partial charge in [-0.15, -0.1) is 0 Å². The molecule has 2 N–H and O–H groups in total. The van der Waals surface area contributed by atoms with Crippen LogP contribution < -0.4 is 29.6 Å². The molecule has 0 aliphatic rings. The number of aliphatic carboxylic acids is 2. The molecule has 1 atom stereocenters. The Morgan fingerprint density at radius 3 is 1.57 bits per heavy atom. The van der Waals surface area contributed by atoms with Gasteiger partial charge in [0, 0.05) is 13.8 Å². The number of carbonyl (C=O) groups is 3. The minimum atomic E-state index is -1.54. The number of carbonyl (C=O) groups excluding carboxylic acids is 1. The smallest absolute Gasteiger partial charge is 0.550 e. The summed E-state index contributed by atoms with van der Waals surface area (Å²) in [6.45, 7) is 2.17. The van der Waals surface area contributed by atoms with Crippen LogP contribution in [0.15, 0.2) is 0 Å². The van der Waals surface area contributed by atoms with Gasteiger partial charge in [-0.2, -0.15) is 0 Å². The Morgan fingerprint density at radius 2 is 1.50 bits per heavy atom. The summed E-state index contributed by atoms with van der Waals surface area (Å²) in [5, 5.41) is 15.4. The molecule has 0 aliphatic carbocycles. The third-order valence-corrected chi connectivity index (χ3v) is 0.536. The summed E-state index contributed by atoms with van der Waals surface area (Å²) >= 11 is 0. The molecule has 0 spiro atoms. The molecule has 0 saturated heterocycles. The van der Waals surface area contributed by atoms with Crippen LogP contribution in [0.1, 0.15) is 13.8 Å². The molecule has 0 aromatic heterocycles. The van der Waals surface area contributed by atoms with Crippen molar-refractivity contribution in [3.05, 3.63) is 0 Å². The average Bonchev–Trinajstić information content (AvgIpc) is 1.83. The third-order valence-electron chi connectivity index (χ3n) is 0.536. The third kappa shape index (κ3) is 22.5. The zero-order valence-corrected chi connectivity index (χ0v) is 10.2. The second-order valence-corrected chi connectivity index (χ2v) is 1.89. The van der Waals surface area contributed by atoms with Crippen LogP contribution in [0, 0.1) is 0 Å². The molecule has 0 saturated carbocycles. The number of hydrogen-bond donors (Lipinski definition) is 2. The topological polar surface area (TPSA) is 101 Å². The molecule has 0 bridgehead atoms. The van der Waals surface area contributed by atoms with Crippen LogP contribution in [0.3, 0.4) is 0 Å². The molecule has 73 valence electrons. The molecule has 0 amide bonds. The normalized spacial score (nSPS) is 9.64. The van der Waals surface area contributed by atoms with Gasteiger partial charge in [-0.05, 0) is 6.00 Å². The van der Waals surface area contributed by atoms with E-state index < -0.39 is 23.9 Å². The van der Waals surface area contributed by atoms with Crippen molar-refractivity contribution in [1.29, 1.82) is 0 Å². The number of carboxylic acid groups (broad SMARTS) is 2. The predicted molar refractivity (Wildman–Crippen MR) is 42.3 cm³/mol. The molecule has 8 heteroatoms. The fraction of sp³-hybridized carbons (Fsp3) is 0.500. The van der Waals surface area contributed by atoms with Crippen molar-refractivity contribution in [2.75, 3.05) is 0 Å². The van der Waals surface area contributed by atoms with Crippen LogP contribution in [-0.2, 0) is 19.1 Å². The summed E-state index contributed by atoms with van der Waals surface area (Å²) in [4.78, 5) is 28.8. The van der Waals surface area contributed by atoms with Crippen molar-refractivity contribution in [3.63, 3.8) is 0 Å². The number of carboxylic acids is 2. The average molecular weight is 211 g/mol. The van der Waals surface area contributed by atoms with Crippen molar-refractivity contribution in [2.24, 2.45) is 0 Å². The SMILES string of the molecule is CC(=O)O.[B-]C(OC(C)=O)C(=O)O.[Na+]. The number of hydrogen-bond acceptors (Lipinski definition) is 4. The quantitative estimate of drug-likeness (QED) is 0.359. The first-order valence-electron chi connectivity index (χ1n) is 3.12. The van der Waals surface area contributed by atoms with Crippen LogP contribution >= 0.6 is 0 Å². The molecule has 14 heavy (non-hydrogen) atoms. The second kappa shape index (κ2) is 10.6. The zero-order valence-electron chi connectivity index (χ0n) is 8.18. The standard InChI is InChI=1S/C4H5BO4.C2H4O2.Na/c1-2(6)9-3(5)4(7)8;1-2(3)4;/h3H,1H3,(H,7,8);1H3,(H,3,4);/q-1;;+1. The maximum Gasteiger partial charge on any atom is 1.00 e. The second-order valence-electron chi connectivity index (χ2n) is 1.89. The fourth-order valence-electron chi connectivity index (χ4n) is 0.229. The van der Waals surface area contributed by atoms with Crippen molar-refractivity contribution in [3.8, 4) is 0 Å². The minimum absolute atomic E-state index is 0. The first-order valence-corrected chi connectivity index (χ1v) is 3.12. The van der Waals surface area contributed by atoms with Gasteiger partial charge in [0.2, 0.25) is 0 Å².